The molecule has 1 N–H and O–H groups in total. The topological polar surface area (TPSA) is 72.7 Å². The molecule has 8 heteroatoms. The van der Waals surface area contributed by atoms with Crippen LogP contribution in [0, 0.1) is 5.82 Å². The Morgan fingerprint density at radius 1 is 0.939 bits per heavy atom. The fraction of sp³-hybridized carbons (Fsp3) is 0.0400. The summed E-state index contributed by atoms with van der Waals surface area (Å²) in [6.45, 7) is 0. The molecule has 0 radical (unpaired) electrons. The van der Waals surface area contributed by atoms with Crippen molar-refractivity contribution in [3.8, 4) is 17.1 Å². The molecule has 2 aromatic heterocycles. The molecule has 5 rings (SSSR count). The number of para-hydroxylation sites is 1. The Labute approximate surface area is 193 Å². The van der Waals surface area contributed by atoms with Crippen LogP contribution in [0.4, 0.5) is 10.1 Å². The molecule has 0 aliphatic heterocycles. The normalized spacial score (nSPS) is 10.9. The number of thioether (sulfide) groups is 1. The van der Waals surface area contributed by atoms with Gasteiger partial charge in [-0.3, -0.25) is 14.3 Å². The summed E-state index contributed by atoms with van der Waals surface area (Å²) in [6.07, 6.45) is 1.73. The number of pyridine rings is 1. The minimum atomic E-state index is -0.387. The third kappa shape index (κ3) is 4.47. The van der Waals surface area contributed by atoms with Gasteiger partial charge in [-0.2, -0.15) is 0 Å². The van der Waals surface area contributed by atoms with E-state index in [-0.39, 0.29) is 17.5 Å². The summed E-state index contributed by atoms with van der Waals surface area (Å²) < 4.78 is 16.3. The van der Waals surface area contributed by atoms with E-state index in [1.807, 2.05) is 60.7 Å². The number of hydrogen-bond donors (Lipinski definition) is 1. The number of amides is 1. The average Bonchev–Trinajstić information content (AvgIpc) is 3.27. The van der Waals surface area contributed by atoms with Gasteiger partial charge < -0.3 is 5.32 Å². The minimum Gasteiger partial charge on any atom is -0.325 e. The summed E-state index contributed by atoms with van der Waals surface area (Å²) in [5.41, 5.74) is 2.68. The van der Waals surface area contributed by atoms with E-state index in [4.69, 9.17) is 0 Å². The van der Waals surface area contributed by atoms with E-state index in [0.29, 0.717) is 22.2 Å². The van der Waals surface area contributed by atoms with E-state index in [9.17, 15) is 9.18 Å². The van der Waals surface area contributed by atoms with Crippen LogP contribution in [0.25, 0.3) is 28.0 Å². The second kappa shape index (κ2) is 9.22. The molecular weight excluding hydrogens is 437 g/mol. The average molecular weight is 456 g/mol. The van der Waals surface area contributed by atoms with Gasteiger partial charge in [-0.05, 0) is 48.5 Å². The summed E-state index contributed by atoms with van der Waals surface area (Å²) in [5.74, 6) is -0.0717. The molecular formula is C25H18FN5OS. The van der Waals surface area contributed by atoms with Gasteiger partial charge in [0.25, 0.3) is 0 Å². The number of carbonyl (C=O) groups is 1. The molecule has 162 valence electrons. The number of nitrogens with one attached hydrogen (secondary N) is 1. The maximum atomic E-state index is 14.5. The van der Waals surface area contributed by atoms with Crippen molar-refractivity contribution in [2.75, 3.05) is 11.1 Å². The van der Waals surface area contributed by atoms with Crippen LogP contribution < -0.4 is 5.32 Å². The molecule has 0 unspecified atom stereocenters. The van der Waals surface area contributed by atoms with Crippen molar-refractivity contribution in [3.05, 3.63) is 96.9 Å². The summed E-state index contributed by atoms with van der Waals surface area (Å²) in [6, 6.07) is 25.2. The molecule has 6 nitrogen and oxygen atoms in total. The fourth-order valence-corrected chi connectivity index (χ4v) is 4.22. The minimum absolute atomic E-state index is 0.118. The second-order valence-electron chi connectivity index (χ2n) is 7.20. The fourth-order valence-electron chi connectivity index (χ4n) is 3.47. The predicted octanol–water partition coefficient (Wildman–Crippen LogP) is 5.35. The van der Waals surface area contributed by atoms with Gasteiger partial charge in [-0.1, -0.05) is 48.2 Å². The molecule has 3 aromatic carbocycles. The van der Waals surface area contributed by atoms with Crippen LogP contribution in [-0.2, 0) is 4.79 Å². The maximum absolute atomic E-state index is 14.5. The first-order chi connectivity index (χ1) is 16.2. The van der Waals surface area contributed by atoms with Crippen LogP contribution >= 0.6 is 11.8 Å². The van der Waals surface area contributed by atoms with Crippen molar-refractivity contribution >= 4 is 34.3 Å². The highest BCUT2D eigenvalue weighted by Crippen LogP contribution is 2.29. The van der Waals surface area contributed by atoms with Gasteiger partial charge in [-0.15, -0.1) is 10.2 Å². The van der Waals surface area contributed by atoms with Gasteiger partial charge in [0.05, 0.1) is 16.8 Å². The lowest BCUT2D eigenvalue weighted by Gasteiger charge is -2.11. The monoisotopic (exact) mass is 455 g/mol. The van der Waals surface area contributed by atoms with Crippen molar-refractivity contribution in [1.29, 1.82) is 0 Å². The second-order valence-corrected chi connectivity index (χ2v) is 8.15. The number of hydrogen-bond acceptors (Lipinski definition) is 5. The van der Waals surface area contributed by atoms with Gasteiger partial charge in [0.2, 0.25) is 5.91 Å². The SMILES string of the molecule is O=C(CSc1nnc(-c2ccccc2F)n1-c1ccccc1)Nc1ccc2ncccc2c1. The first kappa shape index (κ1) is 20.8. The lowest BCUT2D eigenvalue weighted by atomic mass is 10.2. The van der Waals surface area contributed by atoms with E-state index in [0.717, 1.165) is 16.6 Å². The largest absolute Gasteiger partial charge is 0.325 e. The smallest absolute Gasteiger partial charge is 0.234 e. The number of carbonyl (C=O) groups excluding carboxylic acids is 1. The number of aromatic nitrogens is 4. The zero-order valence-corrected chi connectivity index (χ0v) is 18.2. The number of anilines is 1. The molecule has 0 spiro atoms. The van der Waals surface area contributed by atoms with Crippen LogP contribution in [0.15, 0.2) is 96.3 Å². The molecule has 0 saturated heterocycles. The summed E-state index contributed by atoms with van der Waals surface area (Å²) in [5, 5.41) is 12.8. The first-order valence-electron chi connectivity index (χ1n) is 10.2. The first-order valence-corrected chi connectivity index (χ1v) is 11.2. The molecule has 1 amide bonds. The number of halogens is 1. The summed E-state index contributed by atoms with van der Waals surface area (Å²) >= 11 is 1.24. The van der Waals surface area contributed by atoms with Crippen LogP contribution in [0.1, 0.15) is 0 Å². The standard InChI is InChI=1S/C25H18FN5OS/c26-21-11-5-4-10-20(21)24-29-30-25(31(24)19-8-2-1-3-9-19)33-16-23(32)28-18-12-13-22-17(15-18)7-6-14-27-22/h1-15H,16H2,(H,28,32). The summed E-state index contributed by atoms with van der Waals surface area (Å²) in [4.78, 5) is 16.9. The third-order valence-corrected chi connectivity index (χ3v) is 5.91. The van der Waals surface area contributed by atoms with Crippen molar-refractivity contribution in [2.45, 2.75) is 5.16 Å². The van der Waals surface area contributed by atoms with Gasteiger partial charge in [0, 0.05) is 23.0 Å². The Morgan fingerprint density at radius 2 is 1.76 bits per heavy atom. The van der Waals surface area contributed by atoms with Crippen molar-refractivity contribution in [1.82, 2.24) is 19.7 Å². The molecule has 0 atom stereocenters. The molecule has 0 aliphatic rings. The van der Waals surface area contributed by atoms with Crippen LogP contribution in [0.5, 0.6) is 0 Å². The van der Waals surface area contributed by atoms with Crippen LogP contribution in [0.3, 0.4) is 0 Å². The Hall–Kier alpha value is -4.04. The van der Waals surface area contributed by atoms with Gasteiger partial charge in [0.1, 0.15) is 5.82 Å². The Bertz CT molecular complexity index is 1440. The van der Waals surface area contributed by atoms with Gasteiger partial charge >= 0.3 is 0 Å². The van der Waals surface area contributed by atoms with Crippen LogP contribution in [0.2, 0.25) is 0 Å². The highest BCUT2D eigenvalue weighted by atomic mass is 32.2. The zero-order valence-electron chi connectivity index (χ0n) is 17.4. The van der Waals surface area contributed by atoms with Crippen molar-refractivity contribution in [3.63, 3.8) is 0 Å². The molecule has 0 bridgehead atoms. The Balaban J connectivity index is 1.39. The number of benzene rings is 3. The predicted molar refractivity (Wildman–Crippen MR) is 128 cm³/mol. The lowest BCUT2D eigenvalue weighted by Crippen LogP contribution is -2.14. The molecule has 0 aliphatic carbocycles. The van der Waals surface area contributed by atoms with Gasteiger partial charge in [0.15, 0.2) is 11.0 Å². The molecule has 0 saturated carbocycles. The molecule has 2 heterocycles. The highest BCUT2D eigenvalue weighted by molar-refractivity contribution is 7.99. The number of fused-ring (bicyclic) bond motifs is 1. The van der Waals surface area contributed by atoms with E-state index in [1.54, 1.807) is 29.0 Å². The molecule has 0 fully saturated rings. The van der Waals surface area contributed by atoms with E-state index in [2.05, 4.69) is 20.5 Å². The Morgan fingerprint density at radius 3 is 2.61 bits per heavy atom. The third-order valence-electron chi connectivity index (χ3n) is 4.98. The Kier molecular flexibility index (Phi) is 5.82. The summed E-state index contributed by atoms with van der Waals surface area (Å²) in [7, 11) is 0. The lowest BCUT2D eigenvalue weighted by molar-refractivity contribution is -0.113. The maximum Gasteiger partial charge on any atom is 0.234 e. The number of rotatable bonds is 6. The van der Waals surface area contributed by atoms with E-state index < -0.39 is 0 Å². The molecule has 33 heavy (non-hydrogen) atoms. The van der Waals surface area contributed by atoms with Crippen molar-refractivity contribution < 1.29 is 9.18 Å². The molecule has 5 aromatic rings. The van der Waals surface area contributed by atoms with Crippen molar-refractivity contribution in [2.24, 2.45) is 0 Å². The van der Waals surface area contributed by atoms with Crippen LogP contribution in [-0.4, -0.2) is 31.4 Å². The van der Waals surface area contributed by atoms with E-state index in [1.165, 1.54) is 17.8 Å². The quantitative estimate of drug-likeness (QED) is 0.349. The zero-order chi connectivity index (χ0) is 22.6. The van der Waals surface area contributed by atoms with Gasteiger partial charge in [-0.25, -0.2) is 4.39 Å². The highest BCUT2D eigenvalue weighted by Gasteiger charge is 2.19. The van der Waals surface area contributed by atoms with E-state index >= 15 is 0 Å². The number of nitrogens with zero attached hydrogens (tertiary/aromatic N) is 4.